The van der Waals surface area contributed by atoms with E-state index >= 15 is 0 Å². The summed E-state index contributed by atoms with van der Waals surface area (Å²) in [6.45, 7) is 6.41. The van der Waals surface area contributed by atoms with Gasteiger partial charge in [0.1, 0.15) is 5.75 Å². The molecule has 0 aliphatic heterocycles. The van der Waals surface area contributed by atoms with Gasteiger partial charge in [-0.3, -0.25) is 4.79 Å². The first kappa shape index (κ1) is 17.8. The number of benzene rings is 1. The van der Waals surface area contributed by atoms with Crippen molar-refractivity contribution in [3.8, 4) is 5.75 Å². The highest BCUT2D eigenvalue weighted by atomic mass is 16.5. The largest absolute Gasteiger partial charge is 0.491 e. The van der Waals surface area contributed by atoms with E-state index < -0.39 is 6.10 Å². The topological polar surface area (TPSA) is 58.6 Å². The molecule has 0 saturated heterocycles. The lowest BCUT2D eigenvalue weighted by molar-refractivity contribution is -0.126. The minimum Gasteiger partial charge on any atom is -0.491 e. The summed E-state index contributed by atoms with van der Waals surface area (Å²) in [6.07, 6.45) is 3.71. The molecule has 1 fully saturated rings. The Morgan fingerprint density at radius 3 is 2.61 bits per heavy atom. The average molecular weight is 319 g/mol. The predicted octanol–water partition coefficient (Wildman–Crippen LogP) is 3.45. The van der Waals surface area contributed by atoms with Crippen LogP contribution in [0.1, 0.15) is 58.1 Å². The van der Waals surface area contributed by atoms with Gasteiger partial charge in [0.2, 0.25) is 5.91 Å². The number of rotatable bonds is 6. The number of ether oxygens (including phenoxy) is 1. The average Bonchev–Trinajstić information content (AvgIpc) is 2.52. The Kier molecular flexibility index (Phi) is 6.46. The van der Waals surface area contributed by atoms with Crippen LogP contribution in [0.25, 0.3) is 0 Å². The number of carbonyl (C=O) groups is 1. The van der Waals surface area contributed by atoms with Crippen LogP contribution in [0.2, 0.25) is 0 Å². The monoisotopic (exact) mass is 319 g/mol. The molecule has 0 aromatic heterocycles. The molecule has 0 spiro atoms. The van der Waals surface area contributed by atoms with Gasteiger partial charge >= 0.3 is 0 Å². The fourth-order valence-electron chi connectivity index (χ4n) is 3.17. The van der Waals surface area contributed by atoms with Gasteiger partial charge in [-0.15, -0.1) is 0 Å². The van der Waals surface area contributed by atoms with Gasteiger partial charge < -0.3 is 15.2 Å². The molecule has 4 heteroatoms. The molecule has 3 atom stereocenters. The molecule has 0 radical (unpaired) electrons. The Balaban J connectivity index is 1.81. The minimum atomic E-state index is -0.687. The molecule has 2 rings (SSSR count). The summed E-state index contributed by atoms with van der Waals surface area (Å²) in [5, 5.41) is 13.1. The summed E-state index contributed by atoms with van der Waals surface area (Å²) in [5.74, 6) is 1.59. The summed E-state index contributed by atoms with van der Waals surface area (Å²) in [6, 6.07) is 7.39. The van der Waals surface area contributed by atoms with Crippen molar-refractivity contribution < 1.29 is 14.6 Å². The van der Waals surface area contributed by atoms with Crippen molar-refractivity contribution in [3.05, 3.63) is 29.8 Å². The Bertz CT molecular complexity index is 498. The van der Waals surface area contributed by atoms with Crippen LogP contribution in [0, 0.1) is 11.8 Å². The van der Waals surface area contributed by atoms with Crippen molar-refractivity contribution in [2.45, 2.75) is 58.7 Å². The van der Waals surface area contributed by atoms with E-state index in [0.29, 0.717) is 5.92 Å². The van der Waals surface area contributed by atoms with Crippen molar-refractivity contribution in [1.29, 1.82) is 0 Å². The van der Waals surface area contributed by atoms with Gasteiger partial charge in [-0.05, 0) is 50.3 Å². The first-order chi connectivity index (χ1) is 11.0. The van der Waals surface area contributed by atoms with Gasteiger partial charge in [0.15, 0.2) is 0 Å². The SMILES string of the molecule is CC1CCCC(C(=O)NCC(O)c2ccc(OC(C)C)cc2)C1. The number of hydrogen-bond donors (Lipinski definition) is 2. The van der Waals surface area contributed by atoms with Gasteiger partial charge in [0, 0.05) is 12.5 Å². The second kappa shape index (κ2) is 8.34. The van der Waals surface area contributed by atoms with E-state index in [2.05, 4.69) is 12.2 Å². The van der Waals surface area contributed by atoms with E-state index in [-0.39, 0.29) is 24.5 Å². The van der Waals surface area contributed by atoms with Crippen LogP contribution in [-0.2, 0) is 4.79 Å². The van der Waals surface area contributed by atoms with Crippen LogP contribution >= 0.6 is 0 Å². The Labute approximate surface area is 139 Å². The number of nitrogens with one attached hydrogen (secondary N) is 1. The third kappa shape index (κ3) is 5.54. The Morgan fingerprint density at radius 2 is 2.00 bits per heavy atom. The smallest absolute Gasteiger partial charge is 0.223 e. The van der Waals surface area contributed by atoms with Crippen molar-refractivity contribution in [1.82, 2.24) is 5.32 Å². The summed E-state index contributed by atoms with van der Waals surface area (Å²) >= 11 is 0. The highest BCUT2D eigenvalue weighted by Crippen LogP contribution is 2.28. The summed E-state index contributed by atoms with van der Waals surface area (Å²) in [7, 11) is 0. The quantitative estimate of drug-likeness (QED) is 0.844. The van der Waals surface area contributed by atoms with E-state index in [1.165, 1.54) is 6.42 Å². The molecule has 0 bridgehead atoms. The van der Waals surface area contributed by atoms with Crippen LogP contribution in [0.15, 0.2) is 24.3 Å². The van der Waals surface area contributed by atoms with Gasteiger partial charge in [0.05, 0.1) is 12.2 Å². The van der Waals surface area contributed by atoms with E-state index in [4.69, 9.17) is 4.74 Å². The van der Waals surface area contributed by atoms with Crippen LogP contribution < -0.4 is 10.1 Å². The lowest BCUT2D eigenvalue weighted by atomic mass is 9.82. The maximum Gasteiger partial charge on any atom is 0.223 e. The molecule has 3 unspecified atom stereocenters. The highest BCUT2D eigenvalue weighted by Gasteiger charge is 2.25. The number of carbonyl (C=O) groups excluding carboxylic acids is 1. The molecule has 1 aromatic rings. The van der Waals surface area contributed by atoms with Gasteiger partial charge in [0.25, 0.3) is 0 Å². The lowest BCUT2D eigenvalue weighted by Gasteiger charge is -2.26. The molecule has 4 nitrogen and oxygen atoms in total. The standard InChI is InChI=1S/C19H29NO3/c1-13(2)23-17-9-7-15(8-10-17)18(21)12-20-19(22)16-6-4-5-14(3)11-16/h7-10,13-14,16,18,21H,4-6,11-12H2,1-3H3,(H,20,22). The second-order valence-electron chi connectivity index (χ2n) is 6.97. The molecule has 128 valence electrons. The van der Waals surface area contributed by atoms with Gasteiger partial charge in [-0.25, -0.2) is 0 Å². The van der Waals surface area contributed by atoms with Crippen molar-refractivity contribution in [2.75, 3.05) is 6.54 Å². The first-order valence-electron chi connectivity index (χ1n) is 8.68. The van der Waals surface area contributed by atoms with E-state index in [0.717, 1.165) is 30.6 Å². The van der Waals surface area contributed by atoms with Crippen molar-refractivity contribution in [3.63, 3.8) is 0 Å². The third-order valence-electron chi connectivity index (χ3n) is 4.41. The fourth-order valence-corrected chi connectivity index (χ4v) is 3.17. The van der Waals surface area contributed by atoms with Crippen LogP contribution in [0.3, 0.4) is 0 Å². The zero-order valence-electron chi connectivity index (χ0n) is 14.4. The van der Waals surface area contributed by atoms with Gasteiger partial charge in [-0.1, -0.05) is 31.9 Å². The molecule has 0 heterocycles. The highest BCUT2D eigenvalue weighted by molar-refractivity contribution is 5.78. The number of hydrogen-bond acceptors (Lipinski definition) is 3. The summed E-state index contributed by atoms with van der Waals surface area (Å²) < 4.78 is 5.59. The molecular formula is C19H29NO3. The van der Waals surface area contributed by atoms with Crippen LogP contribution in [0.5, 0.6) is 5.75 Å². The Hall–Kier alpha value is -1.55. The molecule has 1 aliphatic carbocycles. The lowest BCUT2D eigenvalue weighted by Crippen LogP contribution is -2.35. The van der Waals surface area contributed by atoms with Crippen molar-refractivity contribution >= 4 is 5.91 Å². The maximum absolute atomic E-state index is 12.2. The molecule has 1 aromatic carbocycles. The Morgan fingerprint density at radius 1 is 1.30 bits per heavy atom. The summed E-state index contributed by atoms with van der Waals surface area (Å²) in [4.78, 5) is 12.2. The normalized spacial score (nSPS) is 22.7. The molecular weight excluding hydrogens is 290 g/mol. The van der Waals surface area contributed by atoms with Crippen LogP contribution in [0.4, 0.5) is 0 Å². The molecule has 2 N–H and O–H groups in total. The van der Waals surface area contributed by atoms with E-state index in [9.17, 15) is 9.90 Å². The molecule has 1 aliphatic rings. The number of aliphatic hydroxyl groups excluding tert-OH is 1. The van der Waals surface area contributed by atoms with Gasteiger partial charge in [-0.2, -0.15) is 0 Å². The van der Waals surface area contributed by atoms with E-state index in [1.54, 1.807) is 0 Å². The minimum absolute atomic E-state index is 0.0790. The number of aliphatic hydroxyl groups is 1. The maximum atomic E-state index is 12.2. The molecule has 23 heavy (non-hydrogen) atoms. The third-order valence-corrected chi connectivity index (χ3v) is 4.41. The van der Waals surface area contributed by atoms with Crippen LogP contribution in [-0.4, -0.2) is 23.7 Å². The zero-order chi connectivity index (χ0) is 16.8. The molecule has 1 amide bonds. The molecule has 1 saturated carbocycles. The van der Waals surface area contributed by atoms with E-state index in [1.807, 2.05) is 38.1 Å². The first-order valence-corrected chi connectivity index (χ1v) is 8.68. The number of amides is 1. The zero-order valence-corrected chi connectivity index (χ0v) is 14.4. The fraction of sp³-hybridized carbons (Fsp3) is 0.632. The summed E-state index contributed by atoms with van der Waals surface area (Å²) in [5.41, 5.74) is 0.790. The second-order valence-corrected chi connectivity index (χ2v) is 6.97. The predicted molar refractivity (Wildman–Crippen MR) is 91.3 cm³/mol. The van der Waals surface area contributed by atoms with Crippen molar-refractivity contribution in [2.24, 2.45) is 11.8 Å².